The lowest BCUT2D eigenvalue weighted by Crippen LogP contribution is -2.46. The monoisotopic (exact) mass is 286 g/mol. The van der Waals surface area contributed by atoms with Crippen LogP contribution in [0.1, 0.15) is 50.5 Å². The third-order valence-corrected chi connectivity index (χ3v) is 5.66. The molecular formula is C19H30N2. The van der Waals surface area contributed by atoms with E-state index in [2.05, 4.69) is 35.2 Å². The first-order valence-corrected chi connectivity index (χ1v) is 8.78. The Labute approximate surface area is 129 Å². The van der Waals surface area contributed by atoms with Crippen LogP contribution in [0.15, 0.2) is 30.3 Å². The molecule has 0 amide bonds. The van der Waals surface area contributed by atoms with Gasteiger partial charge in [0.2, 0.25) is 0 Å². The Morgan fingerprint density at radius 1 is 0.952 bits per heavy atom. The second kappa shape index (κ2) is 6.93. The normalized spacial score (nSPS) is 24.0. The molecule has 1 heterocycles. The zero-order valence-corrected chi connectivity index (χ0v) is 13.3. The summed E-state index contributed by atoms with van der Waals surface area (Å²) in [7, 11) is 0. The van der Waals surface area contributed by atoms with Gasteiger partial charge in [-0.3, -0.25) is 0 Å². The lowest BCUT2D eigenvalue weighted by molar-refractivity contribution is 0.0649. The number of rotatable bonds is 4. The van der Waals surface area contributed by atoms with Crippen LogP contribution in [-0.2, 0) is 6.42 Å². The molecule has 1 atom stereocenters. The third kappa shape index (κ3) is 4.08. The zero-order chi connectivity index (χ0) is 14.5. The Morgan fingerprint density at radius 2 is 1.62 bits per heavy atom. The van der Waals surface area contributed by atoms with E-state index in [0.29, 0.717) is 5.41 Å². The van der Waals surface area contributed by atoms with E-state index in [0.717, 1.165) is 13.0 Å². The number of hydrogen-bond donors (Lipinski definition) is 1. The Morgan fingerprint density at radius 3 is 2.29 bits per heavy atom. The molecule has 1 unspecified atom stereocenters. The van der Waals surface area contributed by atoms with Gasteiger partial charge in [-0.15, -0.1) is 0 Å². The van der Waals surface area contributed by atoms with Crippen LogP contribution in [0.4, 0.5) is 0 Å². The van der Waals surface area contributed by atoms with Crippen LogP contribution >= 0.6 is 0 Å². The molecule has 0 radical (unpaired) electrons. The van der Waals surface area contributed by atoms with Crippen molar-refractivity contribution in [1.82, 2.24) is 4.90 Å². The predicted molar refractivity (Wildman–Crippen MR) is 89.3 cm³/mol. The molecule has 2 aliphatic rings. The molecule has 1 aromatic carbocycles. The quantitative estimate of drug-likeness (QED) is 0.916. The predicted octanol–water partition coefficient (Wildman–Crippen LogP) is 3.60. The lowest BCUT2D eigenvalue weighted by Gasteiger charge is -2.44. The van der Waals surface area contributed by atoms with Crippen molar-refractivity contribution < 1.29 is 0 Å². The highest BCUT2D eigenvalue weighted by Gasteiger charge is 2.35. The van der Waals surface area contributed by atoms with Gasteiger partial charge in [-0.25, -0.2) is 0 Å². The van der Waals surface area contributed by atoms with Gasteiger partial charge >= 0.3 is 0 Å². The van der Waals surface area contributed by atoms with Crippen LogP contribution in [0.2, 0.25) is 0 Å². The van der Waals surface area contributed by atoms with Gasteiger partial charge in [0.15, 0.2) is 0 Å². The van der Waals surface area contributed by atoms with Gasteiger partial charge in [0.05, 0.1) is 0 Å². The van der Waals surface area contributed by atoms with Crippen molar-refractivity contribution in [2.45, 2.75) is 57.4 Å². The Hall–Kier alpha value is -0.860. The first-order valence-electron chi connectivity index (χ1n) is 8.78. The topological polar surface area (TPSA) is 29.3 Å². The van der Waals surface area contributed by atoms with Crippen molar-refractivity contribution in [3.63, 3.8) is 0 Å². The lowest BCUT2D eigenvalue weighted by atomic mass is 9.68. The SMILES string of the molecule is NC(Cc1ccccc1)CN1CCC2(CCCCC2)CC1. The van der Waals surface area contributed by atoms with E-state index in [9.17, 15) is 0 Å². The highest BCUT2D eigenvalue weighted by Crippen LogP contribution is 2.44. The minimum atomic E-state index is 0.271. The first-order chi connectivity index (χ1) is 10.3. The smallest absolute Gasteiger partial charge is 0.0208 e. The van der Waals surface area contributed by atoms with Crippen molar-refractivity contribution >= 4 is 0 Å². The molecular weight excluding hydrogens is 256 g/mol. The number of likely N-dealkylation sites (tertiary alicyclic amines) is 1. The molecule has 0 aromatic heterocycles. The van der Waals surface area contributed by atoms with Gasteiger partial charge in [0, 0.05) is 12.6 Å². The van der Waals surface area contributed by atoms with Crippen molar-refractivity contribution in [2.75, 3.05) is 19.6 Å². The van der Waals surface area contributed by atoms with E-state index in [1.54, 1.807) is 0 Å². The second-order valence-electron chi connectivity index (χ2n) is 7.31. The minimum Gasteiger partial charge on any atom is -0.326 e. The van der Waals surface area contributed by atoms with Gasteiger partial charge in [-0.1, -0.05) is 49.6 Å². The van der Waals surface area contributed by atoms with Gasteiger partial charge in [-0.2, -0.15) is 0 Å². The standard InChI is InChI=1S/C19H30N2/c20-18(15-17-7-3-1-4-8-17)16-21-13-11-19(12-14-21)9-5-2-6-10-19/h1,3-4,7-8,18H,2,5-6,9-16,20H2. The molecule has 21 heavy (non-hydrogen) atoms. The summed E-state index contributed by atoms with van der Waals surface area (Å²) >= 11 is 0. The molecule has 2 N–H and O–H groups in total. The summed E-state index contributed by atoms with van der Waals surface area (Å²) in [5, 5.41) is 0. The third-order valence-electron chi connectivity index (χ3n) is 5.66. The van der Waals surface area contributed by atoms with Crippen molar-refractivity contribution in [3.8, 4) is 0 Å². The molecule has 1 saturated carbocycles. The van der Waals surface area contributed by atoms with Gasteiger partial charge < -0.3 is 10.6 Å². The molecule has 1 saturated heterocycles. The fourth-order valence-electron chi connectivity index (χ4n) is 4.32. The fraction of sp³-hybridized carbons (Fsp3) is 0.684. The summed E-state index contributed by atoms with van der Waals surface area (Å²) in [4.78, 5) is 2.60. The van der Waals surface area contributed by atoms with Crippen LogP contribution in [-0.4, -0.2) is 30.6 Å². The average Bonchev–Trinajstić information content (AvgIpc) is 2.52. The maximum atomic E-state index is 6.36. The Balaban J connectivity index is 1.44. The van der Waals surface area contributed by atoms with Crippen molar-refractivity contribution in [2.24, 2.45) is 11.1 Å². The maximum absolute atomic E-state index is 6.36. The highest BCUT2D eigenvalue weighted by molar-refractivity contribution is 5.15. The molecule has 1 aromatic rings. The van der Waals surface area contributed by atoms with Crippen LogP contribution < -0.4 is 5.73 Å². The van der Waals surface area contributed by atoms with E-state index in [1.165, 1.54) is 63.6 Å². The number of benzene rings is 1. The average molecular weight is 286 g/mol. The molecule has 3 rings (SSSR count). The van der Waals surface area contributed by atoms with E-state index in [-0.39, 0.29) is 6.04 Å². The van der Waals surface area contributed by atoms with Crippen molar-refractivity contribution in [1.29, 1.82) is 0 Å². The van der Waals surface area contributed by atoms with Crippen LogP contribution in [0.3, 0.4) is 0 Å². The number of nitrogens with two attached hydrogens (primary N) is 1. The summed E-state index contributed by atoms with van der Waals surface area (Å²) in [6, 6.07) is 10.9. The minimum absolute atomic E-state index is 0.271. The highest BCUT2D eigenvalue weighted by atomic mass is 15.1. The summed E-state index contributed by atoms with van der Waals surface area (Å²) < 4.78 is 0. The van der Waals surface area contributed by atoms with Gasteiger partial charge in [-0.05, 0) is 56.2 Å². The van der Waals surface area contributed by atoms with E-state index in [4.69, 9.17) is 5.73 Å². The largest absolute Gasteiger partial charge is 0.326 e. The molecule has 1 spiro atoms. The molecule has 116 valence electrons. The summed E-state index contributed by atoms with van der Waals surface area (Å²) in [5.41, 5.74) is 8.44. The molecule has 1 aliphatic carbocycles. The second-order valence-corrected chi connectivity index (χ2v) is 7.31. The van der Waals surface area contributed by atoms with Crippen LogP contribution in [0.25, 0.3) is 0 Å². The maximum Gasteiger partial charge on any atom is 0.0208 e. The van der Waals surface area contributed by atoms with Crippen LogP contribution in [0.5, 0.6) is 0 Å². The summed E-state index contributed by atoms with van der Waals surface area (Å²) in [5.74, 6) is 0. The van der Waals surface area contributed by atoms with E-state index in [1.807, 2.05) is 0 Å². The molecule has 2 nitrogen and oxygen atoms in total. The van der Waals surface area contributed by atoms with Gasteiger partial charge in [0.1, 0.15) is 0 Å². The number of nitrogens with zero attached hydrogens (tertiary/aromatic N) is 1. The Bertz CT molecular complexity index is 412. The van der Waals surface area contributed by atoms with Crippen LogP contribution in [0, 0.1) is 5.41 Å². The number of piperidine rings is 1. The molecule has 2 heteroatoms. The van der Waals surface area contributed by atoms with E-state index >= 15 is 0 Å². The van der Waals surface area contributed by atoms with E-state index < -0.39 is 0 Å². The molecule has 1 aliphatic heterocycles. The zero-order valence-electron chi connectivity index (χ0n) is 13.3. The fourth-order valence-corrected chi connectivity index (χ4v) is 4.32. The summed E-state index contributed by atoms with van der Waals surface area (Å²) in [6.07, 6.45) is 11.2. The van der Waals surface area contributed by atoms with Gasteiger partial charge in [0.25, 0.3) is 0 Å². The number of hydrogen-bond acceptors (Lipinski definition) is 2. The molecule has 0 bridgehead atoms. The summed E-state index contributed by atoms with van der Waals surface area (Å²) in [6.45, 7) is 3.59. The van der Waals surface area contributed by atoms with Crippen molar-refractivity contribution in [3.05, 3.63) is 35.9 Å². The Kier molecular flexibility index (Phi) is 4.97. The first kappa shape index (κ1) is 15.1. The molecule has 2 fully saturated rings.